The van der Waals surface area contributed by atoms with Crippen LogP contribution in [-0.4, -0.2) is 44.1 Å². The lowest BCUT2D eigenvalue weighted by Gasteiger charge is -2.32. The Kier molecular flexibility index (Phi) is 4.38. The summed E-state index contributed by atoms with van der Waals surface area (Å²) in [7, 11) is 0. The Bertz CT molecular complexity index is 754. The monoisotopic (exact) mass is 340 g/mol. The largest absolute Gasteiger partial charge is 0.342 e. The van der Waals surface area contributed by atoms with Gasteiger partial charge in [0.25, 0.3) is 0 Å². The van der Waals surface area contributed by atoms with Crippen LogP contribution in [0.5, 0.6) is 0 Å². The van der Waals surface area contributed by atoms with Gasteiger partial charge in [-0.15, -0.1) is 0 Å². The van der Waals surface area contributed by atoms with Crippen molar-refractivity contribution >= 4 is 17.5 Å². The molecule has 25 heavy (non-hydrogen) atoms. The highest BCUT2D eigenvalue weighted by atomic mass is 16.2. The Morgan fingerprint density at radius 3 is 3.00 bits per heavy atom. The number of aryl methyl sites for hydroxylation is 1. The van der Waals surface area contributed by atoms with Gasteiger partial charge in [0.2, 0.25) is 5.91 Å². The van der Waals surface area contributed by atoms with Gasteiger partial charge in [-0.1, -0.05) is 0 Å². The zero-order valence-electron chi connectivity index (χ0n) is 14.5. The SMILES string of the molecule is Cc1cc(Nc2ccnc(C[C@H]3CCCN(C(=O)C4CC4)C3)n2)n[nH]1. The van der Waals surface area contributed by atoms with Crippen LogP contribution in [0.3, 0.4) is 0 Å². The van der Waals surface area contributed by atoms with Crippen molar-refractivity contribution in [3.05, 3.63) is 29.8 Å². The Labute approximate surface area is 147 Å². The van der Waals surface area contributed by atoms with E-state index in [-0.39, 0.29) is 0 Å². The fraction of sp³-hybridized carbons (Fsp3) is 0.556. The van der Waals surface area contributed by atoms with E-state index in [4.69, 9.17) is 0 Å². The summed E-state index contributed by atoms with van der Waals surface area (Å²) in [5.41, 5.74) is 0.999. The van der Waals surface area contributed by atoms with Crippen molar-refractivity contribution in [1.29, 1.82) is 0 Å². The zero-order chi connectivity index (χ0) is 17.2. The average molecular weight is 340 g/mol. The number of nitrogens with zero attached hydrogens (tertiary/aromatic N) is 4. The molecule has 0 aromatic carbocycles. The first kappa shape index (κ1) is 16.1. The molecule has 1 aliphatic carbocycles. The van der Waals surface area contributed by atoms with E-state index >= 15 is 0 Å². The molecule has 2 aliphatic rings. The van der Waals surface area contributed by atoms with Crippen molar-refractivity contribution in [2.24, 2.45) is 11.8 Å². The van der Waals surface area contributed by atoms with E-state index in [1.807, 2.05) is 19.1 Å². The molecular formula is C18H24N6O. The van der Waals surface area contributed by atoms with Gasteiger partial charge in [0.15, 0.2) is 5.82 Å². The Morgan fingerprint density at radius 2 is 2.24 bits per heavy atom. The van der Waals surface area contributed by atoms with Crippen LogP contribution in [0, 0.1) is 18.8 Å². The number of H-pyrrole nitrogens is 1. The van der Waals surface area contributed by atoms with Gasteiger partial charge < -0.3 is 10.2 Å². The number of hydrogen-bond acceptors (Lipinski definition) is 5. The minimum Gasteiger partial charge on any atom is -0.342 e. The van der Waals surface area contributed by atoms with Gasteiger partial charge in [-0.2, -0.15) is 5.10 Å². The van der Waals surface area contributed by atoms with Crippen LogP contribution in [0.2, 0.25) is 0 Å². The second-order valence-corrected chi connectivity index (χ2v) is 7.19. The molecule has 2 aromatic heterocycles. The maximum atomic E-state index is 12.3. The molecule has 132 valence electrons. The predicted octanol–water partition coefficient (Wildman–Crippen LogP) is 2.44. The van der Waals surface area contributed by atoms with E-state index < -0.39 is 0 Å². The number of aromatic amines is 1. The van der Waals surface area contributed by atoms with Crippen molar-refractivity contribution < 1.29 is 4.79 Å². The molecule has 2 N–H and O–H groups in total. The molecule has 2 fully saturated rings. The minimum absolute atomic E-state index is 0.305. The van der Waals surface area contributed by atoms with Gasteiger partial charge >= 0.3 is 0 Å². The normalized spacial score (nSPS) is 20.5. The summed E-state index contributed by atoms with van der Waals surface area (Å²) < 4.78 is 0. The molecule has 0 radical (unpaired) electrons. The molecule has 0 unspecified atom stereocenters. The number of carbonyl (C=O) groups excluding carboxylic acids is 1. The van der Waals surface area contributed by atoms with E-state index in [1.54, 1.807) is 6.20 Å². The van der Waals surface area contributed by atoms with Gasteiger partial charge in [0, 0.05) is 43.4 Å². The second-order valence-electron chi connectivity index (χ2n) is 7.19. The van der Waals surface area contributed by atoms with Gasteiger partial charge in [-0.05, 0) is 44.6 Å². The van der Waals surface area contributed by atoms with Crippen LogP contribution in [0.15, 0.2) is 18.3 Å². The van der Waals surface area contributed by atoms with Crippen LogP contribution in [0.4, 0.5) is 11.6 Å². The summed E-state index contributed by atoms with van der Waals surface area (Å²) in [6.45, 7) is 3.71. The van der Waals surface area contributed by atoms with Gasteiger partial charge in [-0.3, -0.25) is 9.89 Å². The Balaban J connectivity index is 1.38. The van der Waals surface area contributed by atoms with Crippen LogP contribution >= 0.6 is 0 Å². The lowest BCUT2D eigenvalue weighted by Crippen LogP contribution is -2.41. The number of anilines is 2. The molecule has 1 aliphatic heterocycles. The van der Waals surface area contributed by atoms with Gasteiger partial charge in [0.1, 0.15) is 11.6 Å². The van der Waals surface area contributed by atoms with E-state index in [9.17, 15) is 4.79 Å². The molecule has 4 rings (SSSR count). The Morgan fingerprint density at radius 1 is 1.36 bits per heavy atom. The van der Waals surface area contributed by atoms with Gasteiger partial charge in [-0.25, -0.2) is 9.97 Å². The first-order chi connectivity index (χ1) is 12.2. The summed E-state index contributed by atoms with van der Waals surface area (Å²) in [4.78, 5) is 23.4. The van der Waals surface area contributed by atoms with Crippen molar-refractivity contribution in [3.8, 4) is 0 Å². The number of aromatic nitrogens is 4. The van der Waals surface area contributed by atoms with Crippen LogP contribution in [0.25, 0.3) is 0 Å². The summed E-state index contributed by atoms with van der Waals surface area (Å²) in [6.07, 6.45) is 6.94. The molecule has 1 saturated carbocycles. The van der Waals surface area contributed by atoms with E-state index in [2.05, 4.69) is 30.4 Å². The smallest absolute Gasteiger partial charge is 0.225 e. The molecule has 7 nitrogen and oxygen atoms in total. The molecule has 1 amide bonds. The summed E-state index contributed by atoms with van der Waals surface area (Å²) >= 11 is 0. The fourth-order valence-corrected chi connectivity index (χ4v) is 3.46. The summed E-state index contributed by atoms with van der Waals surface area (Å²) in [6, 6.07) is 3.78. The highest BCUT2D eigenvalue weighted by molar-refractivity contribution is 5.81. The molecule has 2 aromatic rings. The van der Waals surface area contributed by atoms with Gasteiger partial charge in [0.05, 0.1) is 0 Å². The number of likely N-dealkylation sites (tertiary alicyclic amines) is 1. The third-order valence-corrected chi connectivity index (χ3v) is 4.90. The number of rotatable bonds is 5. The summed E-state index contributed by atoms with van der Waals surface area (Å²) in [5.74, 6) is 3.43. The number of hydrogen-bond donors (Lipinski definition) is 2. The van der Waals surface area contributed by atoms with Crippen molar-refractivity contribution in [2.75, 3.05) is 18.4 Å². The maximum absolute atomic E-state index is 12.3. The molecule has 3 heterocycles. The molecule has 0 spiro atoms. The lowest BCUT2D eigenvalue weighted by molar-refractivity contribution is -0.134. The van der Waals surface area contributed by atoms with Crippen LogP contribution < -0.4 is 5.32 Å². The second kappa shape index (κ2) is 6.82. The topological polar surface area (TPSA) is 86.8 Å². The molecule has 1 saturated heterocycles. The predicted molar refractivity (Wildman–Crippen MR) is 94.4 cm³/mol. The maximum Gasteiger partial charge on any atom is 0.225 e. The lowest BCUT2D eigenvalue weighted by atomic mass is 9.94. The van der Waals surface area contributed by atoms with E-state index in [0.29, 0.717) is 17.7 Å². The third kappa shape index (κ3) is 3.97. The Hall–Kier alpha value is -2.44. The standard InChI is InChI=1S/C18H24N6O/c1-12-9-17(23-22-12)21-15-6-7-19-16(20-15)10-13-3-2-8-24(11-13)18(25)14-4-5-14/h6-7,9,13-14H,2-5,8,10-11H2,1H3,(H2,19,20,21,22,23)/t13-/m1/s1. The number of amides is 1. The summed E-state index contributed by atoms with van der Waals surface area (Å²) in [5, 5.41) is 10.3. The zero-order valence-corrected chi connectivity index (χ0v) is 14.5. The van der Waals surface area contributed by atoms with E-state index in [1.165, 1.54) is 0 Å². The third-order valence-electron chi connectivity index (χ3n) is 4.90. The van der Waals surface area contributed by atoms with Crippen molar-refractivity contribution in [1.82, 2.24) is 25.1 Å². The molecule has 1 atom stereocenters. The fourth-order valence-electron chi connectivity index (χ4n) is 3.46. The number of piperidine rings is 1. The highest BCUT2D eigenvalue weighted by Gasteiger charge is 2.35. The van der Waals surface area contributed by atoms with Crippen molar-refractivity contribution in [2.45, 2.75) is 39.0 Å². The van der Waals surface area contributed by atoms with Crippen LogP contribution in [-0.2, 0) is 11.2 Å². The number of nitrogens with one attached hydrogen (secondary N) is 2. The highest BCUT2D eigenvalue weighted by Crippen LogP contribution is 2.32. The molecule has 7 heteroatoms. The minimum atomic E-state index is 0.305. The van der Waals surface area contributed by atoms with Crippen molar-refractivity contribution in [3.63, 3.8) is 0 Å². The first-order valence-electron chi connectivity index (χ1n) is 9.07. The molecular weight excluding hydrogens is 316 g/mol. The van der Waals surface area contributed by atoms with E-state index in [0.717, 1.165) is 68.3 Å². The molecule has 0 bridgehead atoms. The number of carbonyl (C=O) groups is 1. The first-order valence-corrected chi connectivity index (χ1v) is 9.07. The average Bonchev–Trinajstić information content (AvgIpc) is 3.38. The van der Waals surface area contributed by atoms with Crippen LogP contribution in [0.1, 0.15) is 37.2 Å². The quantitative estimate of drug-likeness (QED) is 0.873.